The summed E-state index contributed by atoms with van der Waals surface area (Å²) in [6.45, 7) is 7.10. The van der Waals surface area contributed by atoms with Gasteiger partial charge in [0.2, 0.25) is 5.95 Å². The first-order valence-corrected chi connectivity index (χ1v) is 6.54. The lowest BCUT2D eigenvalue weighted by Crippen LogP contribution is -2.21. The van der Waals surface area contributed by atoms with Crippen molar-refractivity contribution in [3.05, 3.63) is 10.2 Å². The predicted molar refractivity (Wildman–Crippen MR) is 70.1 cm³/mol. The summed E-state index contributed by atoms with van der Waals surface area (Å²) in [6, 6.07) is 0. The lowest BCUT2D eigenvalue weighted by atomic mass is 10.4. The number of nitrogens with one attached hydrogen (secondary N) is 1. The molecule has 1 aliphatic heterocycles. The summed E-state index contributed by atoms with van der Waals surface area (Å²) in [5.74, 6) is 1.76. The summed E-state index contributed by atoms with van der Waals surface area (Å²) in [5, 5.41) is 3.26. The smallest absolute Gasteiger partial charge is 0.227 e. The lowest BCUT2D eigenvalue weighted by molar-refractivity contribution is 0.885. The van der Waals surface area contributed by atoms with Crippen molar-refractivity contribution in [1.29, 1.82) is 0 Å². The summed E-state index contributed by atoms with van der Waals surface area (Å²) < 4.78 is 0.970. The molecule has 1 saturated heterocycles. The largest absolute Gasteiger partial charge is 0.369 e. The summed E-state index contributed by atoms with van der Waals surface area (Å²) in [4.78, 5) is 11.3. The number of hydrogen-bond donors (Lipinski definition) is 1. The van der Waals surface area contributed by atoms with E-state index >= 15 is 0 Å². The highest BCUT2D eigenvalue weighted by Gasteiger charge is 2.17. The number of anilines is 2. The van der Waals surface area contributed by atoms with Crippen LogP contribution in [0.5, 0.6) is 0 Å². The van der Waals surface area contributed by atoms with Gasteiger partial charge in [-0.15, -0.1) is 0 Å². The second kappa shape index (κ2) is 4.99. The molecule has 2 rings (SSSR count). The van der Waals surface area contributed by atoms with E-state index in [1.165, 1.54) is 12.8 Å². The topological polar surface area (TPSA) is 41.1 Å². The Morgan fingerprint density at radius 3 is 2.62 bits per heavy atom. The van der Waals surface area contributed by atoms with Crippen molar-refractivity contribution in [2.45, 2.75) is 26.7 Å². The molecule has 1 aliphatic rings. The number of nitrogens with zero attached hydrogens (tertiary/aromatic N) is 3. The third-order valence-electron chi connectivity index (χ3n) is 2.74. The molecule has 0 bridgehead atoms. The molecule has 0 saturated carbocycles. The Morgan fingerprint density at radius 2 is 2.00 bits per heavy atom. The van der Waals surface area contributed by atoms with Crippen molar-refractivity contribution in [2.75, 3.05) is 29.9 Å². The van der Waals surface area contributed by atoms with Crippen molar-refractivity contribution >= 4 is 27.7 Å². The van der Waals surface area contributed by atoms with Gasteiger partial charge in [0.25, 0.3) is 0 Å². The van der Waals surface area contributed by atoms with E-state index in [9.17, 15) is 0 Å². The maximum absolute atomic E-state index is 4.56. The number of rotatable bonds is 3. The average molecular weight is 285 g/mol. The van der Waals surface area contributed by atoms with Crippen molar-refractivity contribution < 1.29 is 0 Å². The third-order valence-corrected chi connectivity index (χ3v) is 3.69. The zero-order chi connectivity index (χ0) is 11.5. The molecule has 0 spiro atoms. The number of aromatic nitrogens is 2. The van der Waals surface area contributed by atoms with Gasteiger partial charge in [0.1, 0.15) is 5.82 Å². The van der Waals surface area contributed by atoms with Gasteiger partial charge in [-0.2, -0.15) is 4.98 Å². The Balaban J connectivity index is 2.31. The molecule has 1 aromatic heterocycles. The molecular weight excluding hydrogens is 268 g/mol. The van der Waals surface area contributed by atoms with Crippen LogP contribution in [0.15, 0.2) is 4.47 Å². The minimum atomic E-state index is 0.856. The number of hydrogen-bond acceptors (Lipinski definition) is 4. The van der Waals surface area contributed by atoms with Crippen molar-refractivity contribution in [1.82, 2.24) is 9.97 Å². The van der Waals surface area contributed by atoms with E-state index in [1.54, 1.807) is 0 Å². The van der Waals surface area contributed by atoms with Crippen LogP contribution in [0, 0.1) is 6.92 Å². The fourth-order valence-electron chi connectivity index (χ4n) is 1.89. The van der Waals surface area contributed by atoms with E-state index < -0.39 is 0 Å². The summed E-state index contributed by atoms with van der Waals surface area (Å²) in [7, 11) is 0. The molecule has 88 valence electrons. The van der Waals surface area contributed by atoms with Gasteiger partial charge in [-0.3, -0.25) is 0 Å². The second-order valence-electron chi connectivity index (χ2n) is 4.00. The molecule has 5 heteroatoms. The van der Waals surface area contributed by atoms with Gasteiger partial charge in [0.05, 0.1) is 10.2 Å². The molecule has 1 N–H and O–H groups in total. The zero-order valence-electron chi connectivity index (χ0n) is 9.76. The lowest BCUT2D eigenvalue weighted by Gasteiger charge is -2.17. The molecule has 2 heterocycles. The van der Waals surface area contributed by atoms with Gasteiger partial charge in [-0.05, 0) is 42.6 Å². The van der Waals surface area contributed by atoms with Crippen molar-refractivity contribution in [3.63, 3.8) is 0 Å². The molecule has 1 aromatic rings. The minimum absolute atomic E-state index is 0.856. The Hall–Kier alpha value is -0.840. The average Bonchev–Trinajstić information content (AvgIpc) is 2.78. The van der Waals surface area contributed by atoms with Crippen molar-refractivity contribution in [2.24, 2.45) is 0 Å². The van der Waals surface area contributed by atoms with Crippen LogP contribution in [0.4, 0.5) is 11.8 Å². The monoisotopic (exact) mass is 284 g/mol. The quantitative estimate of drug-likeness (QED) is 0.926. The van der Waals surface area contributed by atoms with E-state index in [0.717, 1.165) is 41.6 Å². The predicted octanol–water partition coefficient (Wildman–Crippen LogP) is 2.58. The Morgan fingerprint density at radius 1 is 1.31 bits per heavy atom. The fraction of sp³-hybridized carbons (Fsp3) is 0.636. The molecule has 0 unspecified atom stereocenters. The Labute approximate surface area is 105 Å². The second-order valence-corrected chi connectivity index (χ2v) is 4.79. The van der Waals surface area contributed by atoms with Gasteiger partial charge in [-0.1, -0.05) is 0 Å². The Kier molecular flexibility index (Phi) is 3.63. The molecule has 0 aromatic carbocycles. The Bertz CT molecular complexity index is 374. The number of aryl methyl sites for hydroxylation is 1. The highest BCUT2D eigenvalue weighted by molar-refractivity contribution is 9.10. The maximum atomic E-state index is 4.56. The van der Waals surface area contributed by atoms with Crippen LogP contribution in [0.2, 0.25) is 0 Å². The zero-order valence-corrected chi connectivity index (χ0v) is 11.3. The van der Waals surface area contributed by atoms with Crippen LogP contribution >= 0.6 is 15.9 Å². The maximum Gasteiger partial charge on any atom is 0.227 e. The first kappa shape index (κ1) is 11.6. The van der Waals surface area contributed by atoms with Gasteiger partial charge >= 0.3 is 0 Å². The SMILES string of the molecule is CCNc1nc(N2CCCC2)nc(C)c1Br. The van der Waals surface area contributed by atoms with Gasteiger partial charge in [0.15, 0.2) is 0 Å². The van der Waals surface area contributed by atoms with E-state index in [0.29, 0.717) is 0 Å². The van der Waals surface area contributed by atoms with E-state index in [2.05, 4.69) is 43.0 Å². The van der Waals surface area contributed by atoms with Crippen LogP contribution in [0.25, 0.3) is 0 Å². The van der Waals surface area contributed by atoms with Crippen molar-refractivity contribution in [3.8, 4) is 0 Å². The molecular formula is C11H17BrN4. The molecule has 0 radical (unpaired) electrons. The van der Waals surface area contributed by atoms with Crippen LogP contribution in [0.3, 0.4) is 0 Å². The fourth-order valence-corrected chi connectivity index (χ4v) is 2.21. The number of halogens is 1. The molecule has 1 fully saturated rings. The molecule has 0 aliphatic carbocycles. The summed E-state index contributed by atoms with van der Waals surface area (Å²) in [6.07, 6.45) is 2.49. The van der Waals surface area contributed by atoms with Gasteiger partial charge < -0.3 is 10.2 Å². The highest BCUT2D eigenvalue weighted by Crippen LogP contribution is 2.26. The standard InChI is InChI=1S/C11H17BrN4/c1-3-13-10-9(12)8(2)14-11(15-10)16-6-4-5-7-16/h3-7H2,1-2H3,(H,13,14,15). The minimum Gasteiger partial charge on any atom is -0.369 e. The molecule has 16 heavy (non-hydrogen) atoms. The summed E-state index contributed by atoms with van der Waals surface area (Å²) >= 11 is 3.52. The van der Waals surface area contributed by atoms with E-state index in [4.69, 9.17) is 0 Å². The van der Waals surface area contributed by atoms with Crippen LogP contribution in [-0.2, 0) is 0 Å². The van der Waals surface area contributed by atoms with E-state index in [-0.39, 0.29) is 0 Å². The molecule has 4 nitrogen and oxygen atoms in total. The first-order valence-electron chi connectivity index (χ1n) is 5.75. The molecule has 0 atom stereocenters. The summed E-state index contributed by atoms with van der Waals surface area (Å²) in [5.41, 5.74) is 0.993. The highest BCUT2D eigenvalue weighted by atomic mass is 79.9. The van der Waals surface area contributed by atoms with Gasteiger partial charge in [0, 0.05) is 19.6 Å². The van der Waals surface area contributed by atoms with E-state index in [1.807, 2.05) is 6.92 Å². The third kappa shape index (κ3) is 2.29. The van der Waals surface area contributed by atoms with Crippen LogP contribution in [-0.4, -0.2) is 29.6 Å². The molecule has 0 amide bonds. The van der Waals surface area contributed by atoms with Crippen LogP contribution in [0.1, 0.15) is 25.5 Å². The first-order chi connectivity index (χ1) is 7.72. The van der Waals surface area contributed by atoms with Gasteiger partial charge in [-0.25, -0.2) is 4.98 Å². The normalized spacial score (nSPS) is 15.6. The van der Waals surface area contributed by atoms with Crippen LogP contribution < -0.4 is 10.2 Å².